The number of hydrogen-bond acceptors (Lipinski definition) is 4. The number of halogens is 1. The average molecular weight is 321 g/mol. The Hall–Kier alpha value is -2.41. The largest absolute Gasteiger partial charge is 0.489 e. The van der Waals surface area contributed by atoms with Gasteiger partial charge in [0.05, 0.1) is 12.9 Å². The minimum Gasteiger partial charge on any atom is -0.489 e. The Bertz CT molecular complexity index is 631. The molecule has 7 heteroatoms. The van der Waals surface area contributed by atoms with Gasteiger partial charge in [0, 0.05) is 31.3 Å². The first-order chi connectivity index (χ1) is 11.1. The van der Waals surface area contributed by atoms with Crippen LogP contribution < -0.4 is 15.8 Å². The molecule has 1 aromatic rings. The molecule has 0 spiro atoms. The Balaban J connectivity index is 2.08. The third-order valence-electron chi connectivity index (χ3n) is 3.70. The summed E-state index contributed by atoms with van der Waals surface area (Å²) in [4.78, 5) is 25.3. The van der Waals surface area contributed by atoms with Gasteiger partial charge in [0.15, 0.2) is 0 Å². The van der Waals surface area contributed by atoms with Crippen LogP contribution in [0.4, 0.5) is 4.39 Å². The van der Waals surface area contributed by atoms with Crippen molar-refractivity contribution in [2.75, 3.05) is 33.3 Å². The fraction of sp³-hybridized carbons (Fsp3) is 0.375. The van der Waals surface area contributed by atoms with Gasteiger partial charge < -0.3 is 20.7 Å². The molecule has 0 atom stereocenters. The normalized spacial score (nSPS) is 14.5. The van der Waals surface area contributed by atoms with E-state index in [0.29, 0.717) is 36.2 Å². The number of benzene rings is 1. The van der Waals surface area contributed by atoms with E-state index in [0.717, 1.165) is 5.56 Å². The van der Waals surface area contributed by atoms with E-state index in [1.54, 1.807) is 18.2 Å². The molecule has 1 aliphatic rings. The van der Waals surface area contributed by atoms with Gasteiger partial charge in [-0.05, 0) is 30.2 Å². The summed E-state index contributed by atoms with van der Waals surface area (Å²) in [6.45, 7) is 0.687. The van der Waals surface area contributed by atoms with Crippen LogP contribution in [0.2, 0.25) is 0 Å². The molecule has 0 radical (unpaired) electrons. The molecule has 0 aromatic heterocycles. The highest BCUT2D eigenvalue weighted by Gasteiger charge is 2.25. The van der Waals surface area contributed by atoms with Crippen LogP contribution >= 0.6 is 0 Å². The Morgan fingerprint density at radius 2 is 2.30 bits per heavy atom. The number of hydrogen-bond donors (Lipinski definition) is 2. The number of nitrogens with zero attached hydrogens (tertiary/aromatic N) is 1. The minimum atomic E-state index is -0.200. The molecule has 0 saturated heterocycles. The topological polar surface area (TPSA) is 84.7 Å². The predicted octanol–water partition coefficient (Wildman–Crippen LogP) is 0.622. The number of nitrogens with one attached hydrogen (secondary N) is 1. The van der Waals surface area contributed by atoms with E-state index < -0.39 is 0 Å². The van der Waals surface area contributed by atoms with Crippen LogP contribution in [0.1, 0.15) is 15.9 Å². The molecule has 124 valence electrons. The second-order valence-corrected chi connectivity index (χ2v) is 5.23. The van der Waals surface area contributed by atoms with Crippen LogP contribution in [0.25, 0.3) is 0 Å². The van der Waals surface area contributed by atoms with Crippen LogP contribution in [0.5, 0.6) is 5.75 Å². The van der Waals surface area contributed by atoms with Crippen molar-refractivity contribution in [3.05, 3.63) is 41.2 Å². The van der Waals surface area contributed by atoms with E-state index in [1.807, 2.05) is 0 Å². The summed E-state index contributed by atoms with van der Waals surface area (Å²) < 4.78 is 17.9. The molecular weight excluding hydrogens is 301 g/mol. The molecular formula is C16H20FN3O3. The molecule has 6 nitrogen and oxygen atoms in total. The lowest BCUT2D eigenvalue weighted by Gasteiger charge is -2.28. The van der Waals surface area contributed by atoms with E-state index in [4.69, 9.17) is 10.5 Å². The highest BCUT2D eigenvalue weighted by molar-refractivity contribution is 5.98. The molecule has 2 amide bonds. The van der Waals surface area contributed by atoms with Gasteiger partial charge in [-0.1, -0.05) is 0 Å². The molecule has 0 aliphatic carbocycles. The highest BCUT2D eigenvalue weighted by Crippen LogP contribution is 2.24. The first-order valence-corrected chi connectivity index (χ1v) is 7.32. The Morgan fingerprint density at radius 1 is 1.52 bits per heavy atom. The molecule has 2 rings (SSSR count). The second kappa shape index (κ2) is 7.73. The number of rotatable bonds is 6. The van der Waals surface area contributed by atoms with Crippen molar-refractivity contribution in [3.8, 4) is 5.75 Å². The van der Waals surface area contributed by atoms with Crippen molar-refractivity contribution in [2.45, 2.75) is 6.42 Å². The average Bonchev–Trinajstić information content (AvgIpc) is 2.58. The fourth-order valence-electron chi connectivity index (χ4n) is 2.32. The van der Waals surface area contributed by atoms with E-state index in [9.17, 15) is 14.0 Å². The summed E-state index contributed by atoms with van der Waals surface area (Å²) in [6.07, 6.45) is 1.08. The number of likely N-dealkylation sites (N-methyl/N-ethyl adjacent to an activating group) is 1. The second-order valence-electron chi connectivity index (χ2n) is 5.23. The quantitative estimate of drug-likeness (QED) is 0.804. The third-order valence-corrected chi connectivity index (χ3v) is 3.70. The first kappa shape index (κ1) is 17.0. The maximum absolute atomic E-state index is 12.5. The molecule has 0 saturated carbocycles. The van der Waals surface area contributed by atoms with E-state index >= 15 is 0 Å². The number of carbonyl (C=O) groups is 2. The summed E-state index contributed by atoms with van der Waals surface area (Å²) in [5.41, 5.74) is 7.15. The summed E-state index contributed by atoms with van der Waals surface area (Å²) >= 11 is 0. The SMILES string of the molecule is CNC(=O)CN1CCc2cc(OC/C(=C\F)CN)ccc2C1=O. The van der Waals surface area contributed by atoms with Crippen LogP contribution in [0, 0.1) is 0 Å². The van der Waals surface area contributed by atoms with Crippen LogP contribution in [0.3, 0.4) is 0 Å². The zero-order chi connectivity index (χ0) is 16.8. The molecule has 0 fully saturated rings. The van der Waals surface area contributed by atoms with Crippen LogP contribution in [-0.4, -0.2) is 50.0 Å². The van der Waals surface area contributed by atoms with Crippen molar-refractivity contribution in [1.82, 2.24) is 10.2 Å². The summed E-state index contributed by atoms with van der Waals surface area (Å²) in [6, 6.07) is 5.10. The Kier molecular flexibility index (Phi) is 5.70. The number of nitrogens with two attached hydrogens (primary N) is 1. The van der Waals surface area contributed by atoms with Gasteiger partial charge >= 0.3 is 0 Å². The standard InChI is InChI=1S/C16H20FN3O3/c1-19-15(21)9-20-5-4-12-6-13(2-3-14(12)16(20)22)23-10-11(7-17)8-18/h2-3,6-7H,4-5,8-10,18H2,1H3,(H,19,21)/b11-7-. The van der Waals surface area contributed by atoms with Crippen LogP contribution in [-0.2, 0) is 11.2 Å². The molecule has 0 unspecified atom stereocenters. The summed E-state index contributed by atoms with van der Waals surface area (Å²) in [5.74, 6) is 0.186. The van der Waals surface area contributed by atoms with Gasteiger partial charge in [-0.25, -0.2) is 4.39 Å². The zero-order valence-electron chi connectivity index (χ0n) is 13.0. The lowest BCUT2D eigenvalue weighted by atomic mass is 9.98. The lowest BCUT2D eigenvalue weighted by Crippen LogP contribution is -2.43. The van der Waals surface area contributed by atoms with Crippen molar-refractivity contribution >= 4 is 11.8 Å². The van der Waals surface area contributed by atoms with Gasteiger partial charge in [0.2, 0.25) is 5.91 Å². The maximum Gasteiger partial charge on any atom is 0.254 e. The van der Waals surface area contributed by atoms with Crippen LogP contribution in [0.15, 0.2) is 30.1 Å². The first-order valence-electron chi connectivity index (χ1n) is 7.32. The lowest BCUT2D eigenvalue weighted by molar-refractivity contribution is -0.121. The molecule has 1 aromatic carbocycles. The Labute approximate surface area is 134 Å². The highest BCUT2D eigenvalue weighted by atomic mass is 19.1. The van der Waals surface area contributed by atoms with E-state index in [2.05, 4.69) is 5.32 Å². The number of carbonyl (C=O) groups excluding carboxylic acids is 2. The summed E-state index contributed by atoms with van der Waals surface area (Å²) in [7, 11) is 1.54. The maximum atomic E-state index is 12.5. The van der Waals surface area contributed by atoms with E-state index in [1.165, 1.54) is 11.9 Å². The smallest absolute Gasteiger partial charge is 0.254 e. The molecule has 1 heterocycles. The van der Waals surface area contributed by atoms with Gasteiger partial charge in [0.1, 0.15) is 12.4 Å². The number of amides is 2. The third kappa shape index (κ3) is 4.07. The van der Waals surface area contributed by atoms with Crippen molar-refractivity contribution in [3.63, 3.8) is 0 Å². The molecule has 3 N–H and O–H groups in total. The fourth-order valence-corrected chi connectivity index (χ4v) is 2.32. The van der Waals surface area contributed by atoms with Crippen molar-refractivity contribution < 1.29 is 18.7 Å². The van der Waals surface area contributed by atoms with Crippen molar-refractivity contribution in [1.29, 1.82) is 0 Å². The van der Waals surface area contributed by atoms with Gasteiger partial charge in [-0.2, -0.15) is 0 Å². The van der Waals surface area contributed by atoms with Crippen molar-refractivity contribution in [2.24, 2.45) is 5.73 Å². The summed E-state index contributed by atoms with van der Waals surface area (Å²) in [5, 5.41) is 2.51. The van der Waals surface area contributed by atoms with Gasteiger partial charge in [-0.3, -0.25) is 9.59 Å². The minimum absolute atomic E-state index is 0.0498. The van der Waals surface area contributed by atoms with E-state index in [-0.39, 0.29) is 31.5 Å². The molecule has 1 aliphatic heterocycles. The molecule has 0 bridgehead atoms. The Morgan fingerprint density at radius 3 is 2.96 bits per heavy atom. The predicted molar refractivity (Wildman–Crippen MR) is 83.9 cm³/mol. The monoisotopic (exact) mass is 321 g/mol. The van der Waals surface area contributed by atoms with Gasteiger partial charge in [-0.15, -0.1) is 0 Å². The molecule has 23 heavy (non-hydrogen) atoms. The zero-order valence-corrected chi connectivity index (χ0v) is 13.0. The number of ether oxygens (including phenoxy) is 1. The van der Waals surface area contributed by atoms with Gasteiger partial charge in [0.25, 0.3) is 5.91 Å². The number of fused-ring (bicyclic) bond motifs is 1.